The van der Waals surface area contributed by atoms with Gasteiger partial charge in [-0.15, -0.1) is 0 Å². The first-order chi connectivity index (χ1) is 9.10. The molecule has 0 unspecified atom stereocenters. The van der Waals surface area contributed by atoms with Gasteiger partial charge in [-0.25, -0.2) is 4.79 Å². The van der Waals surface area contributed by atoms with Gasteiger partial charge in [0, 0.05) is 5.20 Å². The molecule has 0 saturated carbocycles. The summed E-state index contributed by atoms with van der Waals surface area (Å²) in [4.78, 5) is 12.1. The first kappa shape index (κ1) is 15.4. The third-order valence-electron chi connectivity index (χ3n) is 2.92. The summed E-state index contributed by atoms with van der Waals surface area (Å²) in [6.07, 6.45) is 2.02. The molecular weight excluding hydrogens is 252 g/mol. The molecule has 0 atom stereocenters. The minimum absolute atomic E-state index is 0.205. The van der Waals surface area contributed by atoms with Gasteiger partial charge in [-0.1, -0.05) is 47.2 Å². The lowest BCUT2D eigenvalue weighted by molar-refractivity contribution is -0.137. The van der Waals surface area contributed by atoms with Crippen LogP contribution in [0.25, 0.3) is 0 Å². The van der Waals surface area contributed by atoms with E-state index in [9.17, 15) is 4.79 Å². The van der Waals surface area contributed by atoms with Gasteiger partial charge in [-0.2, -0.15) is 0 Å². The zero-order chi connectivity index (χ0) is 14.3. The smallest absolute Gasteiger partial charge is 0.330 e. The Bertz CT molecular complexity index is 487. The van der Waals surface area contributed by atoms with Crippen LogP contribution >= 0.6 is 0 Å². The lowest BCUT2D eigenvalue weighted by Crippen LogP contribution is -2.24. The molecule has 0 aliphatic rings. The monoisotopic (exact) mass is 272 g/mol. The van der Waals surface area contributed by atoms with Crippen LogP contribution < -0.4 is 5.19 Å². The lowest BCUT2D eigenvalue weighted by Gasteiger charge is -2.11. The Hall–Kier alpha value is -1.61. The number of ether oxygens (including phenoxy) is 1. The van der Waals surface area contributed by atoms with Crippen LogP contribution in [0.2, 0.25) is 0 Å². The predicted octanol–water partition coefficient (Wildman–Crippen LogP) is 2.82. The van der Waals surface area contributed by atoms with Crippen LogP contribution in [0.1, 0.15) is 27.7 Å². The number of allylic oxidation sites excluding steroid dienone is 3. The lowest BCUT2D eigenvalue weighted by atomic mass is 10.1. The first-order valence-corrected chi connectivity index (χ1v) is 7.43. The number of rotatable bonds is 5. The van der Waals surface area contributed by atoms with E-state index in [2.05, 4.69) is 0 Å². The van der Waals surface area contributed by atoms with Crippen molar-refractivity contribution in [2.45, 2.75) is 27.7 Å². The maximum atomic E-state index is 12.1. The Labute approximate surface area is 118 Å². The maximum Gasteiger partial charge on any atom is 0.330 e. The van der Waals surface area contributed by atoms with Crippen molar-refractivity contribution < 1.29 is 9.53 Å². The average molecular weight is 272 g/mol. The van der Waals surface area contributed by atoms with Crippen molar-refractivity contribution in [2.24, 2.45) is 0 Å². The summed E-state index contributed by atoms with van der Waals surface area (Å²) in [6, 6.07) is 10.0. The summed E-state index contributed by atoms with van der Waals surface area (Å²) in [7, 11) is 0.326. The second-order valence-corrected chi connectivity index (χ2v) is 5.51. The number of hydrogen-bond donors (Lipinski definition) is 0. The zero-order valence-electron chi connectivity index (χ0n) is 12.0. The molecule has 0 bridgehead atoms. The Balaban J connectivity index is 3.10. The molecule has 1 aromatic carbocycles. The van der Waals surface area contributed by atoms with Gasteiger partial charge in [0.2, 0.25) is 0 Å². The van der Waals surface area contributed by atoms with E-state index in [-0.39, 0.29) is 5.97 Å². The fraction of sp³-hybridized carbons (Fsp3) is 0.312. The first-order valence-electron chi connectivity index (χ1n) is 6.43. The van der Waals surface area contributed by atoms with Gasteiger partial charge in [-0.05, 0) is 33.3 Å². The van der Waals surface area contributed by atoms with Crippen LogP contribution in [0.15, 0.2) is 52.8 Å². The van der Waals surface area contributed by atoms with Gasteiger partial charge >= 0.3 is 5.97 Å². The van der Waals surface area contributed by atoms with E-state index in [4.69, 9.17) is 4.74 Å². The molecule has 2 nitrogen and oxygen atoms in total. The number of esters is 1. The Morgan fingerprint density at radius 1 is 1.26 bits per heavy atom. The summed E-state index contributed by atoms with van der Waals surface area (Å²) >= 11 is 0. The van der Waals surface area contributed by atoms with Crippen LogP contribution in [-0.2, 0) is 9.53 Å². The summed E-state index contributed by atoms with van der Waals surface area (Å²) in [6.45, 7) is 8.22. The van der Waals surface area contributed by atoms with Gasteiger partial charge in [0.15, 0.2) is 0 Å². The van der Waals surface area contributed by atoms with E-state index in [1.807, 2.05) is 64.1 Å². The second kappa shape index (κ2) is 7.74. The molecule has 1 rings (SSSR count). The van der Waals surface area contributed by atoms with Crippen LogP contribution in [0.3, 0.4) is 0 Å². The minimum Gasteiger partial charge on any atom is -0.463 e. The predicted molar refractivity (Wildman–Crippen MR) is 80.6 cm³/mol. The van der Waals surface area contributed by atoms with Crippen LogP contribution in [0.4, 0.5) is 0 Å². The highest BCUT2D eigenvalue weighted by atomic mass is 28.2. The van der Waals surface area contributed by atoms with Gasteiger partial charge in [0.25, 0.3) is 0 Å². The fourth-order valence-electron chi connectivity index (χ4n) is 1.58. The zero-order valence-corrected chi connectivity index (χ0v) is 13.0. The minimum atomic E-state index is -0.205. The summed E-state index contributed by atoms with van der Waals surface area (Å²) < 4.78 is 5.17. The molecule has 0 heterocycles. The number of carbonyl (C=O) groups excluding carboxylic acids is 1. The number of benzene rings is 1. The van der Waals surface area contributed by atoms with E-state index < -0.39 is 0 Å². The van der Waals surface area contributed by atoms with E-state index >= 15 is 0 Å². The molecular formula is C16H20O2Si. The molecule has 0 aliphatic carbocycles. The van der Waals surface area contributed by atoms with Crippen molar-refractivity contribution >= 4 is 20.7 Å². The van der Waals surface area contributed by atoms with Crippen molar-refractivity contribution in [3.05, 3.63) is 52.8 Å². The topological polar surface area (TPSA) is 26.3 Å². The van der Waals surface area contributed by atoms with Gasteiger partial charge in [0.05, 0.1) is 6.61 Å². The highest BCUT2D eigenvalue weighted by Crippen LogP contribution is 2.14. The van der Waals surface area contributed by atoms with Crippen LogP contribution in [-0.4, -0.2) is 22.1 Å². The Morgan fingerprint density at radius 2 is 1.89 bits per heavy atom. The van der Waals surface area contributed by atoms with Crippen molar-refractivity contribution in [1.82, 2.24) is 0 Å². The van der Waals surface area contributed by atoms with Gasteiger partial charge in [0.1, 0.15) is 9.52 Å². The molecule has 0 spiro atoms. The van der Waals surface area contributed by atoms with Crippen molar-refractivity contribution in [3.8, 4) is 0 Å². The summed E-state index contributed by atoms with van der Waals surface area (Å²) in [5, 5.41) is 1.91. The summed E-state index contributed by atoms with van der Waals surface area (Å²) in [5.74, 6) is -0.205. The largest absolute Gasteiger partial charge is 0.463 e. The van der Waals surface area contributed by atoms with Gasteiger partial charge in [-0.3, -0.25) is 0 Å². The fourth-order valence-corrected chi connectivity index (χ4v) is 2.79. The highest BCUT2D eigenvalue weighted by molar-refractivity contribution is 6.66. The Kier molecular flexibility index (Phi) is 6.29. The van der Waals surface area contributed by atoms with E-state index in [0.717, 1.165) is 21.5 Å². The maximum absolute atomic E-state index is 12.1. The molecule has 0 saturated heterocycles. The molecule has 0 amide bonds. The van der Waals surface area contributed by atoms with Gasteiger partial charge < -0.3 is 4.74 Å². The molecule has 100 valence electrons. The second-order valence-electron chi connectivity index (χ2n) is 4.18. The highest BCUT2D eigenvalue weighted by Gasteiger charge is 2.16. The van der Waals surface area contributed by atoms with Crippen molar-refractivity contribution in [2.75, 3.05) is 6.61 Å². The number of hydrogen-bond acceptors (Lipinski definition) is 2. The molecule has 0 N–H and O–H groups in total. The standard InChI is InChI=1S/C16H20O2Si/c1-5-12(3)13(4)15(16(17)18-6-2)19-14-10-8-7-9-11-14/h5,7-11H,6H2,1-4H3/b12-5+,15-13-. The van der Waals surface area contributed by atoms with E-state index in [1.54, 1.807) is 0 Å². The van der Waals surface area contributed by atoms with Crippen LogP contribution in [0.5, 0.6) is 0 Å². The number of carbonyl (C=O) groups is 1. The van der Waals surface area contributed by atoms with Crippen molar-refractivity contribution in [3.63, 3.8) is 0 Å². The average Bonchev–Trinajstić information content (AvgIpc) is 2.44. The molecule has 19 heavy (non-hydrogen) atoms. The molecule has 0 aromatic heterocycles. The molecule has 0 fully saturated rings. The third-order valence-corrected chi connectivity index (χ3v) is 4.37. The molecule has 0 aliphatic heterocycles. The van der Waals surface area contributed by atoms with Crippen LogP contribution in [0, 0.1) is 0 Å². The Morgan fingerprint density at radius 3 is 2.42 bits per heavy atom. The SMILES string of the molecule is C/C=C(C)/C(C)=C(\[Si]c1ccccc1)C(=O)OCC. The van der Waals surface area contributed by atoms with E-state index in [1.165, 1.54) is 0 Å². The van der Waals surface area contributed by atoms with E-state index in [0.29, 0.717) is 16.1 Å². The third kappa shape index (κ3) is 4.52. The quantitative estimate of drug-likeness (QED) is 0.356. The summed E-state index contributed by atoms with van der Waals surface area (Å²) in [5.41, 5.74) is 2.13. The normalized spacial score (nSPS) is 12.9. The molecule has 2 radical (unpaired) electrons. The molecule has 1 aromatic rings. The molecule has 3 heteroatoms. The van der Waals surface area contributed by atoms with Crippen molar-refractivity contribution in [1.29, 1.82) is 0 Å².